The first-order chi connectivity index (χ1) is 15.2. The van der Waals surface area contributed by atoms with Crippen LogP contribution in [0.4, 0.5) is 4.39 Å². The van der Waals surface area contributed by atoms with E-state index < -0.39 is 27.3 Å². The molecule has 0 radical (unpaired) electrons. The molecule has 3 unspecified atom stereocenters. The molecule has 2 fully saturated rings. The SMILES string of the molecule is CS(=O)(=O)c1ccn(-c2ccc(C[C@@H](C#N)NC(=O)C3NC4CCC3C4)c(F)c2)c(=O)c1. The first kappa shape index (κ1) is 22.2. The Balaban J connectivity index is 1.48. The fourth-order valence-corrected chi connectivity index (χ4v) is 5.14. The van der Waals surface area contributed by atoms with Gasteiger partial charge in [-0.1, -0.05) is 6.07 Å². The van der Waals surface area contributed by atoms with E-state index in [0.717, 1.165) is 42.2 Å². The van der Waals surface area contributed by atoms with Gasteiger partial charge in [-0.25, -0.2) is 12.8 Å². The zero-order chi connectivity index (χ0) is 23.0. The van der Waals surface area contributed by atoms with Crippen LogP contribution in [0.5, 0.6) is 0 Å². The van der Waals surface area contributed by atoms with E-state index in [0.29, 0.717) is 6.04 Å². The summed E-state index contributed by atoms with van der Waals surface area (Å²) in [6.45, 7) is 0. The summed E-state index contributed by atoms with van der Waals surface area (Å²) in [5.41, 5.74) is -0.164. The van der Waals surface area contributed by atoms with Crippen LogP contribution in [0.3, 0.4) is 0 Å². The average Bonchev–Trinajstić information content (AvgIpc) is 3.37. The Kier molecular flexibility index (Phi) is 5.88. The molecule has 32 heavy (non-hydrogen) atoms. The Hall–Kier alpha value is -3.03. The van der Waals surface area contributed by atoms with Crippen LogP contribution in [0.25, 0.3) is 5.69 Å². The molecule has 1 saturated heterocycles. The molecule has 1 aliphatic carbocycles. The van der Waals surface area contributed by atoms with Gasteiger partial charge in [0.05, 0.1) is 22.7 Å². The summed E-state index contributed by atoms with van der Waals surface area (Å²) in [5, 5.41) is 15.4. The maximum Gasteiger partial charge on any atom is 0.256 e. The fourth-order valence-electron chi connectivity index (χ4n) is 4.52. The van der Waals surface area contributed by atoms with Gasteiger partial charge < -0.3 is 10.6 Å². The average molecular weight is 459 g/mol. The van der Waals surface area contributed by atoms with Crippen LogP contribution >= 0.6 is 0 Å². The molecule has 168 valence electrons. The third-order valence-electron chi connectivity index (χ3n) is 6.17. The van der Waals surface area contributed by atoms with Crippen LogP contribution < -0.4 is 16.2 Å². The maximum absolute atomic E-state index is 14.7. The van der Waals surface area contributed by atoms with E-state index in [1.165, 1.54) is 24.4 Å². The van der Waals surface area contributed by atoms with Crippen molar-refractivity contribution in [2.24, 2.45) is 5.92 Å². The van der Waals surface area contributed by atoms with E-state index in [-0.39, 0.29) is 40.4 Å². The smallest absolute Gasteiger partial charge is 0.256 e. The van der Waals surface area contributed by atoms with Crippen LogP contribution in [0.15, 0.2) is 46.2 Å². The molecule has 1 saturated carbocycles. The number of pyridine rings is 1. The molecule has 4 atom stereocenters. The predicted octanol–water partition coefficient (Wildman–Crippen LogP) is 1.07. The number of hydrogen-bond donors (Lipinski definition) is 2. The Morgan fingerprint density at radius 1 is 1.34 bits per heavy atom. The number of halogens is 1. The third-order valence-corrected chi connectivity index (χ3v) is 7.28. The van der Waals surface area contributed by atoms with E-state index in [2.05, 4.69) is 10.6 Å². The van der Waals surface area contributed by atoms with Gasteiger partial charge in [0, 0.05) is 31.0 Å². The number of nitriles is 1. The Morgan fingerprint density at radius 2 is 2.12 bits per heavy atom. The fraction of sp³-hybridized carbons (Fsp3) is 0.409. The number of sulfone groups is 1. The number of hydrogen-bond acceptors (Lipinski definition) is 6. The molecule has 2 aromatic rings. The van der Waals surface area contributed by atoms with E-state index in [1.54, 1.807) is 0 Å². The van der Waals surface area contributed by atoms with Crippen molar-refractivity contribution in [1.82, 2.24) is 15.2 Å². The highest BCUT2D eigenvalue weighted by Crippen LogP contribution is 2.35. The molecule has 2 N–H and O–H groups in total. The van der Waals surface area contributed by atoms with Gasteiger partial charge in [-0.15, -0.1) is 0 Å². The normalized spacial score (nSPS) is 23.0. The molecular weight excluding hydrogens is 435 g/mol. The minimum atomic E-state index is -3.53. The second-order valence-electron chi connectivity index (χ2n) is 8.43. The second-order valence-corrected chi connectivity index (χ2v) is 10.4. The van der Waals surface area contributed by atoms with Gasteiger partial charge in [0.1, 0.15) is 11.9 Å². The van der Waals surface area contributed by atoms with Gasteiger partial charge >= 0.3 is 0 Å². The number of aromatic nitrogens is 1. The predicted molar refractivity (Wildman–Crippen MR) is 114 cm³/mol. The van der Waals surface area contributed by atoms with Crippen LogP contribution in [0, 0.1) is 23.1 Å². The van der Waals surface area contributed by atoms with Crippen molar-refractivity contribution in [2.45, 2.75) is 48.7 Å². The summed E-state index contributed by atoms with van der Waals surface area (Å²) in [4.78, 5) is 24.7. The number of carbonyl (C=O) groups excluding carboxylic acids is 1. The lowest BCUT2D eigenvalue weighted by Gasteiger charge is -2.23. The monoisotopic (exact) mass is 458 g/mol. The zero-order valence-corrected chi connectivity index (χ0v) is 18.2. The van der Waals surface area contributed by atoms with Crippen LogP contribution in [0.2, 0.25) is 0 Å². The minimum absolute atomic E-state index is 0.0168. The third kappa shape index (κ3) is 4.45. The quantitative estimate of drug-likeness (QED) is 0.668. The number of nitrogens with one attached hydrogen (secondary N) is 2. The van der Waals surface area contributed by atoms with Gasteiger partial charge in [0.2, 0.25) is 5.91 Å². The van der Waals surface area contributed by atoms with Crippen molar-refractivity contribution < 1.29 is 17.6 Å². The molecule has 1 aliphatic heterocycles. The number of carbonyl (C=O) groups is 1. The lowest BCUT2D eigenvalue weighted by Crippen LogP contribution is -2.50. The Bertz CT molecular complexity index is 1270. The molecule has 2 aliphatic rings. The van der Waals surface area contributed by atoms with Crippen molar-refractivity contribution >= 4 is 15.7 Å². The number of rotatable bonds is 6. The largest absolute Gasteiger partial charge is 0.339 e. The number of amides is 1. The highest BCUT2D eigenvalue weighted by Gasteiger charge is 2.43. The van der Waals surface area contributed by atoms with Crippen LogP contribution in [-0.2, 0) is 21.1 Å². The number of piperidine rings is 1. The Labute approximate surface area is 185 Å². The van der Waals surface area contributed by atoms with Gasteiger partial charge in [-0.05, 0) is 48.9 Å². The summed E-state index contributed by atoms with van der Waals surface area (Å²) >= 11 is 0. The highest BCUT2D eigenvalue weighted by atomic mass is 32.2. The van der Waals surface area contributed by atoms with Gasteiger partial charge in [0.15, 0.2) is 9.84 Å². The summed E-state index contributed by atoms with van der Waals surface area (Å²) < 4.78 is 39.1. The van der Waals surface area contributed by atoms with Crippen LogP contribution in [0.1, 0.15) is 24.8 Å². The summed E-state index contributed by atoms with van der Waals surface area (Å²) in [7, 11) is -3.53. The molecule has 0 spiro atoms. The van der Waals surface area contributed by atoms with E-state index >= 15 is 0 Å². The second kappa shape index (κ2) is 8.48. The summed E-state index contributed by atoms with van der Waals surface area (Å²) in [5.74, 6) is -0.588. The van der Waals surface area contributed by atoms with Crippen molar-refractivity contribution in [3.05, 3.63) is 58.3 Å². The van der Waals surface area contributed by atoms with E-state index in [9.17, 15) is 27.7 Å². The van der Waals surface area contributed by atoms with Gasteiger partial charge in [-0.3, -0.25) is 14.2 Å². The van der Waals surface area contributed by atoms with Crippen molar-refractivity contribution in [1.29, 1.82) is 5.26 Å². The van der Waals surface area contributed by atoms with Crippen molar-refractivity contribution in [2.75, 3.05) is 6.26 Å². The minimum Gasteiger partial charge on any atom is -0.339 e. The molecule has 1 aromatic carbocycles. The molecule has 1 amide bonds. The lowest BCUT2D eigenvalue weighted by atomic mass is 9.98. The lowest BCUT2D eigenvalue weighted by molar-refractivity contribution is -0.124. The van der Waals surface area contributed by atoms with Crippen LogP contribution in [-0.4, -0.2) is 43.3 Å². The summed E-state index contributed by atoms with van der Waals surface area (Å²) in [6.07, 6.45) is 5.28. The van der Waals surface area contributed by atoms with Gasteiger partial charge in [-0.2, -0.15) is 5.26 Å². The molecule has 2 bridgehead atoms. The van der Waals surface area contributed by atoms with Crippen molar-refractivity contribution in [3.63, 3.8) is 0 Å². The first-order valence-corrected chi connectivity index (χ1v) is 12.2. The molecule has 4 rings (SSSR count). The van der Waals surface area contributed by atoms with E-state index in [1.807, 2.05) is 6.07 Å². The highest BCUT2D eigenvalue weighted by molar-refractivity contribution is 7.90. The first-order valence-electron chi connectivity index (χ1n) is 10.3. The zero-order valence-electron chi connectivity index (χ0n) is 17.4. The Morgan fingerprint density at radius 3 is 2.69 bits per heavy atom. The molecule has 1 aromatic heterocycles. The molecule has 2 heterocycles. The topological polar surface area (TPSA) is 121 Å². The molecule has 10 heteroatoms. The number of fused-ring (bicyclic) bond motifs is 2. The molecular formula is C22H23FN4O4S. The van der Waals surface area contributed by atoms with E-state index in [4.69, 9.17) is 0 Å². The summed E-state index contributed by atoms with van der Waals surface area (Å²) in [6, 6.07) is 7.53. The standard InChI is InChI=1S/C22H23FN4O4S/c1-32(30,31)18-6-7-27(20(28)11-18)17-5-3-13(19(23)10-17)8-16(12-24)26-22(29)21-14-2-4-15(9-14)25-21/h3,5-7,10-11,14-16,21,25H,2,4,8-9H2,1H3,(H,26,29)/t14?,15?,16-,21?/m0/s1. The molecule has 8 nitrogen and oxygen atoms in total. The number of nitrogens with zero attached hydrogens (tertiary/aromatic N) is 2. The maximum atomic E-state index is 14.7. The van der Waals surface area contributed by atoms with Gasteiger partial charge in [0.25, 0.3) is 5.56 Å². The number of benzene rings is 1. The van der Waals surface area contributed by atoms with Crippen molar-refractivity contribution in [3.8, 4) is 11.8 Å².